The van der Waals surface area contributed by atoms with Crippen LogP contribution in [0.2, 0.25) is 0 Å². The van der Waals surface area contributed by atoms with Crippen molar-refractivity contribution in [1.29, 1.82) is 0 Å². The van der Waals surface area contributed by atoms with Crippen molar-refractivity contribution in [2.45, 2.75) is 20.8 Å². The first-order valence-electron chi connectivity index (χ1n) is 5.58. The molecule has 0 saturated heterocycles. The second kappa shape index (κ2) is 6.34. The number of nitrogens with two attached hydrogens (primary N) is 1. The standard InChI is InChI=1S/C9H10BrN5O.C2H6/c1-5-12-9(11)7-2-6(4-15(7)14-5)13-8(16)3-10;1-2/h2,4H,3H2,1H3,(H,13,16)(H2,11,12,14);1-2H3. The first-order valence-corrected chi connectivity index (χ1v) is 6.70. The summed E-state index contributed by atoms with van der Waals surface area (Å²) in [5.41, 5.74) is 7.07. The maximum atomic E-state index is 11.2. The Kier molecular flexibility index (Phi) is 5.08. The first kappa shape index (κ1) is 14.4. The molecule has 7 heteroatoms. The lowest BCUT2D eigenvalue weighted by Crippen LogP contribution is -2.11. The normalized spacial score (nSPS) is 9.78. The molecule has 6 nitrogen and oxygen atoms in total. The van der Waals surface area contributed by atoms with Crippen molar-refractivity contribution in [1.82, 2.24) is 14.6 Å². The minimum absolute atomic E-state index is 0.126. The molecule has 0 aliphatic carbocycles. The number of nitrogens with zero attached hydrogens (tertiary/aromatic N) is 3. The number of hydrogen-bond donors (Lipinski definition) is 2. The minimum atomic E-state index is -0.126. The highest BCUT2D eigenvalue weighted by Gasteiger charge is 2.07. The van der Waals surface area contributed by atoms with E-state index in [0.29, 0.717) is 22.8 Å². The molecule has 98 valence electrons. The summed E-state index contributed by atoms with van der Waals surface area (Å²) in [7, 11) is 0. The highest BCUT2D eigenvalue weighted by atomic mass is 79.9. The van der Waals surface area contributed by atoms with Crippen molar-refractivity contribution in [2.24, 2.45) is 0 Å². The summed E-state index contributed by atoms with van der Waals surface area (Å²) in [5.74, 6) is 0.852. The molecule has 2 aromatic rings. The first-order chi connectivity index (χ1) is 8.60. The third kappa shape index (κ3) is 3.19. The molecule has 2 aromatic heterocycles. The van der Waals surface area contributed by atoms with E-state index in [-0.39, 0.29) is 11.2 Å². The van der Waals surface area contributed by atoms with E-state index >= 15 is 0 Å². The summed E-state index contributed by atoms with van der Waals surface area (Å²) in [6.07, 6.45) is 1.70. The highest BCUT2D eigenvalue weighted by molar-refractivity contribution is 9.09. The van der Waals surface area contributed by atoms with Gasteiger partial charge in [-0.15, -0.1) is 0 Å². The van der Waals surface area contributed by atoms with Crippen LogP contribution in [0, 0.1) is 6.92 Å². The highest BCUT2D eigenvalue weighted by Crippen LogP contribution is 2.17. The van der Waals surface area contributed by atoms with Crippen molar-refractivity contribution in [3.63, 3.8) is 0 Å². The van der Waals surface area contributed by atoms with Crippen LogP contribution in [0.3, 0.4) is 0 Å². The Morgan fingerprint density at radius 3 is 2.83 bits per heavy atom. The summed E-state index contributed by atoms with van der Waals surface area (Å²) in [5, 5.41) is 7.10. The van der Waals surface area contributed by atoms with Crippen LogP contribution in [0.1, 0.15) is 19.7 Å². The lowest BCUT2D eigenvalue weighted by atomic mass is 10.4. The van der Waals surface area contributed by atoms with E-state index in [1.165, 1.54) is 0 Å². The summed E-state index contributed by atoms with van der Waals surface area (Å²) in [6.45, 7) is 5.76. The van der Waals surface area contributed by atoms with E-state index in [4.69, 9.17) is 5.73 Å². The Morgan fingerprint density at radius 2 is 2.22 bits per heavy atom. The lowest BCUT2D eigenvalue weighted by Gasteiger charge is -1.97. The number of fused-ring (bicyclic) bond motifs is 1. The number of nitrogen functional groups attached to an aromatic ring is 1. The largest absolute Gasteiger partial charge is 0.382 e. The van der Waals surface area contributed by atoms with Crippen molar-refractivity contribution < 1.29 is 4.79 Å². The van der Waals surface area contributed by atoms with E-state index in [9.17, 15) is 4.79 Å². The summed E-state index contributed by atoms with van der Waals surface area (Å²) < 4.78 is 1.60. The number of carbonyl (C=O) groups excluding carboxylic acids is 1. The Bertz CT molecular complexity index is 552. The van der Waals surface area contributed by atoms with Crippen LogP contribution in [0.5, 0.6) is 0 Å². The molecule has 0 bridgehead atoms. The molecule has 0 fully saturated rings. The lowest BCUT2D eigenvalue weighted by molar-refractivity contribution is -0.113. The summed E-state index contributed by atoms with van der Waals surface area (Å²) in [6, 6.07) is 1.73. The van der Waals surface area contributed by atoms with Crippen LogP contribution in [0.25, 0.3) is 5.52 Å². The molecule has 0 radical (unpaired) electrons. The fourth-order valence-corrected chi connectivity index (χ4v) is 1.54. The molecule has 18 heavy (non-hydrogen) atoms. The summed E-state index contributed by atoms with van der Waals surface area (Å²) in [4.78, 5) is 15.2. The van der Waals surface area contributed by atoms with E-state index < -0.39 is 0 Å². The number of aromatic nitrogens is 3. The molecule has 0 aromatic carbocycles. The molecular weight excluding hydrogens is 298 g/mol. The molecule has 0 aliphatic rings. The number of rotatable bonds is 2. The van der Waals surface area contributed by atoms with Gasteiger partial charge in [0.1, 0.15) is 11.3 Å². The van der Waals surface area contributed by atoms with Crippen LogP contribution < -0.4 is 11.1 Å². The van der Waals surface area contributed by atoms with E-state index in [1.54, 1.807) is 23.7 Å². The number of nitrogens with one attached hydrogen (secondary N) is 1. The molecule has 0 atom stereocenters. The van der Waals surface area contributed by atoms with Gasteiger partial charge in [0, 0.05) is 0 Å². The van der Waals surface area contributed by atoms with Gasteiger partial charge in [-0.1, -0.05) is 29.8 Å². The molecule has 0 unspecified atom stereocenters. The van der Waals surface area contributed by atoms with Crippen LogP contribution in [-0.4, -0.2) is 25.8 Å². The van der Waals surface area contributed by atoms with E-state index in [1.807, 2.05) is 13.8 Å². The second-order valence-electron chi connectivity index (χ2n) is 3.28. The van der Waals surface area contributed by atoms with Gasteiger partial charge in [0.15, 0.2) is 5.82 Å². The number of halogens is 1. The Hall–Kier alpha value is -1.63. The fourth-order valence-electron chi connectivity index (χ4n) is 1.40. The minimum Gasteiger partial charge on any atom is -0.382 e. The van der Waals surface area contributed by atoms with Gasteiger partial charge in [-0.25, -0.2) is 9.50 Å². The Labute approximate surface area is 114 Å². The van der Waals surface area contributed by atoms with Gasteiger partial charge in [0.05, 0.1) is 17.2 Å². The van der Waals surface area contributed by atoms with Gasteiger partial charge >= 0.3 is 0 Å². The zero-order valence-electron chi connectivity index (χ0n) is 10.6. The van der Waals surface area contributed by atoms with Crippen molar-refractivity contribution >= 4 is 38.9 Å². The zero-order chi connectivity index (χ0) is 13.7. The predicted octanol–water partition coefficient (Wildman–Crippen LogP) is 1.98. The third-order valence-corrected chi connectivity index (χ3v) is 2.51. The van der Waals surface area contributed by atoms with Gasteiger partial charge in [-0.2, -0.15) is 5.10 Å². The Morgan fingerprint density at radius 1 is 1.56 bits per heavy atom. The smallest absolute Gasteiger partial charge is 0.235 e. The maximum Gasteiger partial charge on any atom is 0.235 e. The number of alkyl halides is 1. The van der Waals surface area contributed by atoms with Crippen molar-refractivity contribution in [2.75, 3.05) is 16.4 Å². The average molecular weight is 314 g/mol. The fraction of sp³-hybridized carbons (Fsp3) is 0.364. The van der Waals surface area contributed by atoms with Crippen LogP contribution in [-0.2, 0) is 4.79 Å². The molecule has 1 amide bonds. The number of amides is 1. The predicted molar refractivity (Wildman–Crippen MR) is 75.9 cm³/mol. The second-order valence-corrected chi connectivity index (χ2v) is 3.85. The van der Waals surface area contributed by atoms with E-state index in [2.05, 4.69) is 31.3 Å². The average Bonchev–Trinajstić information content (AvgIpc) is 2.74. The topological polar surface area (TPSA) is 85.3 Å². The van der Waals surface area contributed by atoms with Crippen LogP contribution >= 0.6 is 15.9 Å². The maximum absolute atomic E-state index is 11.2. The number of aryl methyl sites for hydroxylation is 1. The SMILES string of the molecule is CC.Cc1nc(N)c2cc(NC(=O)CBr)cn2n1. The quantitative estimate of drug-likeness (QED) is 0.830. The van der Waals surface area contributed by atoms with Crippen LogP contribution in [0.4, 0.5) is 11.5 Å². The molecular formula is C11H16BrN5O. The molecule has 0 aliphatic heterocycles. The molecule has 0 saturated carbocycles. The van der Waals surface area contributed by atoms with Crippen molar-refractivity contribution in [3.05, 3.63) is 18.1 Å². The van der Waals surface area contributed by atoms with Gasteiger partial charge in [-0.05, 0) is 13.0 Å². The molecule has 3 N–H and O–H groups in total. The van der Waals surface area contributed by atoms with E-state index in [0.717, 1.165) is 0 Å². The number of carbonyl (C=O) groups is 1. The Balaban J connectivity index is 0.000000771. The van der Waals surface area contributed by atoms with Gasteiger partial charge in [0.25, 0.3) is 0 Å². The van der Waals surface area contributed by atoms with Crippen molar-refractivity contribution in [3.8, 4) is 0 Å². The molecule has 2 heterocycles. The van der Waals surface area contributed by atoms with Gasteiger partial charge < -0.3 is 11.1 Å². The van der Waals surface area contributed by atoms with Gasteiger partial charge in [0.2, 0.25) is 5.91 Å². The molecule has 0 spiro atoms. The zero-order valence-corrected chi connectivity index (χ0v) is 12.2. The third-order valence-electron chi connectivity index (χ3n) is 2.00. The summed E-state index contributed by atoms with van der Waals surface area (Å²) >= 11 is 3.07. The number of anilines is 2. The number of hydrogen-bond acceptors (Lipinski definition) is 4. The van der Waals surface area contributed by atoms with Gasteiger partial charge in [-0.3, -0.25) is 4.79 Å². The van der Waals surface area contributed by atoms with Crippen LogP contribution in [0.15, 0.2) is 12.3 Å². The molecule has 2 rings (SSSR count). The monoisotopic (exact) mass is 313 g/mol.